The second-order valence-electron chi connectivity index (χ2n) is 6.93. The number of benzene rings is 1. The first-order valence-corrected chi connectivity index (χ1v) is 9.44. The number of aromatic nitrogens is 3. The van der Waals surface area contributed by atoms with Crippen molar-refractivity contribution in [1.29, 1.82) is 5.41 Å². The van der Waals surface area contributed by atoms with Crippen molar-refractivity contribution in [1.82, 2.24) is 19.9 Å². The van der Waals surface area contributed by atoms with E-state index in [1.165, 1.54) is 12.1 Å². The van der Waals surface area contributed by atoms with Crippen LogP contribution in [0.3, 0.4) is 0 Å². The van der Waals surface area contributed by atoms with Crippen LogP contribution in [0.1, 0.15) is 11.3 Å². The van der Waals surface area contributed by atoms with Crippen molar-refractivity contribution in [3.63, 3.8) is 0 Å². The Morgan fingerprint density at radius 2 is 1.79 bits per heavy atom. The number of hydrogen-bond acceptors (Lipinski definition) is 4. The van der Waals surface area contributed by atoms with E-state index < -0.39 is 0 Å². The molecule has 148 valence electrons. The van der Waals surface area contributed by atoms with Gasteiger partial charge >= 0.3 is 0 Å². The molecule has 1 aliphatic rings. The summed E-state index contributed by atoms with van der Waals surface area (Å²) in [5.74, 6) is 1.20. The molecule has 0 aliphatic carbocycles. The van der Waals surface area contributed by atoms with Crippen LogP contribution in [0.2, 0.25) is 0 Å². The lowest BCUT2D eigenvalue weighted by atomic mass is 10.1. The van der Waals surface area contributed by atoms with Gasteiger partial charge in [-0.05, 0) is 41.8 Å². The average Bonchev–Trinajstić information content (AvgIpc) is 3.23. The molecule has 2 N–H and O–H groups in total. The first-order valence-electron chi connectivity index (χ1n) is 9.44. The van der Waals surface area contributed by atoms with E-state index in [4.69, 9.17) is 5.41 Å². The number of aryl methyl sites for hydroxylation is 1. The van der Waals surface area contributed by atoms with E-state index in [1.807, 2.05) is 31.6 Å². The Bertz CT molecular complexity index is 1000. The second-order valence-corrected chi connectivity index (χ2v) is 6.93. The summed E-state index contributed by atoms with van der Waals surface area (Å²) < 4.78 is 13.2. The number of anilines is 1. The van der Waals surface area contributed by atoms with E-state index in [1.54, 1.807) is 12.1 Å². The molecule has 4 rings (SSSR count). The van der Waals surface area contributed by atoms with Crippen molar-refractivity contribution < 1.29 is 4.39 Å². The molecule has 0 radical (unpaired) electrons. The van der Waals surface area contributed by atoms with E-state index in [0.717, 1.165) is 66.7 Å². The Labute approximate surface area is 168 Å². The fourth-order valence-electron chi connectivity index (χ4n) is 3.38. The summed E-state index contributed by atoms with van der Waals surface area (Å²) in [4.78, 5) is 20.6. The maximum absolute atomic E-state index is 13.2. The molecule has 1 aliphatic heterocycles. The molecule has 3 heterocycles. The van der Waals surface area contributed by atoms with Crippen molar-refractivity contribution in [3.8, 4) is 11.1 Å². The minimum absolute atomic E-state index is 0.258. The molecule has 0 bridgehead atoms. The highest BCUT2D eigenvalue weighted by Crippen LogP contribution is 2.22. The number of amidine groups is 1. The van der Waals surface area contributed by atoms with Crippen molar-refractivity contribution in [2.45, 2.75) is 6.92 Å². The third-order valence-corrected chi connectivity index (χ3v) is 4.92. The summed E-state index contributed by atoms with van der Waals surface area (Å²) in [7, 11) is 0. The summed E-state index contributed by atoms with van der Waals surface area (Å²) in [5, 5.41) is 7.46. The molecule has 1 saturated heterocycles. The predicted octanol–water partition coefficient (Wildman–Crippen LogP) is 3.10. The first-order chi connectivity index (χ1) is 14.1. The van der Waals surface area contributed by atoms with Gasteiger partial charge in [0, 0.05) is 44.8 Å². The van der Waals surface area contributed by atoms with E-state index in [0.29, 0.717) is 0 Å². The number of hydrogen-bond donors (Lipinski definition) is 2. The number of H-pyrrole nitrogens is 1. The minimum atomic E-state index is -0.258. The molecular formula is C21H22FN7. The van der Waals surface area contributed by atoms with Gasteiger partial charge < -0.3 is 14.8 Å². The highest BCUT2D eigenvalue weighted by atomic mass is 19.1. The summed E-state index contributed by atoms with van der Waals surface area (Å²) in [5.41, 5.74) is 3.73. The zero-order valence-electron chi connectivity index (χ0n) is 16.1. The summed E-state index contributed by atoms with van der Waals surface area (Å²) in [6.45, 7) is 5.00. The number of aliphatic imine (C=N–C) groups is 1. The Morgan fingerprint density at radius 1 is 1.10 bits per heavy atom. The number of nitrogens with one attached hydrogen (secondary N) is 2. The van der Waals surface area contributed by atoms with Gasteiger partial charge in [-0.1, -0.05) is 12.1 Å². The summed E-state index contributed by atoms with van der Waals surface area (Å²) >= 11 is 0. The van der Waals surface area contributed by atoms with Gasteiger partial charge in [-0.25, -0.2) is 19.4 Å². The van der Waals surface area contributed by atoms with E-state index in [2.05, 4.69) is 29.7 Å². The van der Waals surface area contributed by atoms with E-state index in [9.17, 15) is 4.39 Å². The largest absolute Gasteiger partial charge is 0.358 e. The zero-order chi connectivity index (χ0) is 20.2. The van der Waals surface area contributed by atoms with Crippen LogP contribution < -0.4 is 4.90 Å². The third kappa shape index (κ3) is 4.16. The number of piperazine rings is 1. The fourth-order valence-corrected chi connectivity index (χ4v) is 3.38. The molecule has 7 nitrogen and oxygen atoms in total. The molecule has 29 heavy (non-hydrogen) atoms. The van der Waals surface area contributed by atoms with Gasteiger partial charge in [-0.3, -0.25) is 5.41 Å². The van der Waals surface area contributed by atoms with Crippen LogP contribution in [0.4, 0.5) is 10.3 Å². The fraction of sp³-hybridized carbons (Fsp3) is 0.238. The molecule has 0 unspecified atom stereocenters. The number of halogens is 1. The van der Waals surface area contributed by atoms with Crippen molar-refractivity contribution in [3.05, 3.63) is 66.0 Å². The Balaban J connectivity index is 1.49. The Morgan fingerprint density at radius 3 is 2.45 bits per heavy atom. The highest BCUT2D eigenvalue weighted by molar-refractivity contribution is 6.01. The molecule has 1 fully saturated rings. The zero-order valence-corrected chi connectivity index (χ0v) is 16.1. The van der Waals surface area contributed by atoms with Crippen LogP contribution in [-0.2, 0) is 0 Å². The number of nitrogens with zero attached hydrogens (tertiary/aromatic N) is 5. The Hall–Kier alpha value is -3.55. The van der Waals surface area contributed by atoms with Crippen LogP contribution in [0, 0.1) is 18.2 Å². The second kappa shape index (κ2) is 8.22. The van der Waals surface area contributed by atoms with E-state index >= 15 is 0 Å². The SMILES string of the molecule is Cc1cnc(N2CCN(/C(=N/C=N)c3cc(-c4ccc(F)cc4)c[nH]3)CC2)nc1. The molecule has 8 heteroatoms. The van der Waals surface area contributed by atoms with Gasteiger partial charge in [0.25, 0.3) is 0 Å². The standard InChI is InChI=1S/C21H22FN7/c1-15-11-25-21(26-12-15)29-8-6-28(7-9-29)20(27-14-23)19-10-17(13-24-19)16-2-4-18(22)5-3-16/h2-5,10-14,23-24H,6-9H2,1H3/b23-14?,27-20+. The van der Waals surface area contributed by atoms with Crippen LogP contribution in [0.5, 0.6) is 0 Å². The lowest BCUT2D eigenvalue weighted by Crippen LogP contribution is -2.49. The Kier molecular flexibility index (Phi) is 5.33. The lowest BCUT2D eigenvalue weighted by molar-refractivity contribution is 0.383. The summed E-state index contributed by atoms with van der Waals surface area (Å²) in [6.07, 6.45) is 6.58. The van der Waals surface area contributed by atoms with E-state index in [-0.39, 0.29) is 5.82 Å². The maximum atomic E-state index is 13.2. The quantitative estimate of drug-likeness (QED) is 0.529. The minimum Gasteiger partial charge on any atom is -0.358 e. The predicted molar refractivity (Wildman–Crippen MR) is 112 cm³/mol. The first kappa shape index (κ1) is 18.8. The average molecular weight is 391 g/mol. The molecule has 3 aromatic rings. The summed E-state index contributed by atoms with van der Waals surface area (Å²) in [6, 6.07) is 8.36. The molecule has 0 saturated carbocycles. The van der Waals surface area contributed by atoms with Crippen molar-refractivity contribution in [2.24, 2.45) is 4.99 Å². The topological polar surface area (TPSA) is 84.3 Å². The van der Waals surface area contributed by atoms with Gasteiger partial charge in [0.05, 0.1) is 5.69 Å². The molecule has 0 atom stereocenters. The monoisotopic (exact) mass is 391 g/mol. The number of aromatic amines is 1. The van der Waals surface area contributed by atoms with Gasteiger partial charge in [0.1, 0.15) is 12.2 Å². The van der Waals surface area contributed by atoms with Crippen molar-refractivity contribution >= 4 is 18.1 Å². The molecule has 2 aromatic heterocycles. The van der Waals surface area contributed by atoms with Crippen molar-refractivity contribution in [2.75, 3.05) is 31.1 Å². The van der Waals surface area contributed by atoms with Crippen LogP contribution in [-0.4, -0.2) is 58.2 Å². The van der Waals surface area contributed by atoms with Gasteiger partial charge in [-0.15, -0.1) is 0 Å². The molecule has 1 aromatic carbocycles. The van der Waals surface area contributed by atoms with Gasteiger partial charge in [0.15, 0.2) is 5.84 Å². The molecule has 0 spiro atoms. The normalized spacial score (nSPS) is 14.9. The smallest absolute Gasteiger partial charge is 0.225 e. The maximum Gasteiger partial charge on any atom is 0.225 e. The third-order valence-electron chi connectivity index (χ3n) is 4.92. The molecule has 0 amide bonds. The van der Waals surface area contributed by atoms with Crippen LogP contribution >= 0.6 is 0 Å². The van der Waals surface area contributed by atoms with Crippen LogP contribution in [0.15, 0.2) is 53.9 Å². The van der Waals surface area contributed by atoms with Gasteiger partial charge in [0.2, 0.25) is 5.95 Å². The highest BCUT2D eigenvalue weighted by Gasteiger charge is 2.23. The van der Waals surface area contributed by atoms with Gasteiger partial charge in [-0.2, -0.15) is 0 Å². The lowest BCUT2D eigenvalue weighted by Gasteiger charge is -2.36. The number of rotatable bonds is 4. The molecular weight excluding hydrogens is 369 g/mol. The van der Waals surface area contributed by atoms with Crippen LogP contribution in [0.25, 0.3) is 11.1 Å².